The molecule has 2 aromatic carbocycles. The van der Waals surface area contributed by atoms with E-state index in [0.717, 1.165) is 35.4 Å². The molecule has 2 aromatic rings. The van der Waals surface area contributed by atoms with Crippen LogP contribution in [0.5, 0.6) is 23.0 Å². The third-order valence-corrected chi connectivity index (χ3v) is 5.88. The molecule has 5 nitrogen and oxygen atoms in total. The van der Waals surface area contributed by atoms with Crippen molar-refractivity contribution >= 4 is 5.69 Å². The van der Waals surface area contributed by atoms with Crippen molar-refractivity contribution in [3.8, 4) is 23.0 Å². The van der Waals surface area contributed by atoms with E-state index in [1.54, 1.807) is 21.3 Å². The zero-order chi connectivity index (χ0) is 17.8. The zero-order valence-electron chi connectivity index (χ0n) is 15.5. The molecule has 0 radical (unpaired) electrons. The number of nitrogens with zero attached hydrogens (tertiary/aromatic N) is 1. The van der Waals surface area contributed by atoms with Gasteiger partial charge in [-0.1, -0.05) is 0 Å². The fourth-order valence-corrected chi connectivity index (χ4v) is 4.49. The number of aromatic hydroxyl groups is 1. The van der Waals surface area contributed by atoms with Gasteiger partial charge in [0.25, 0.3) is 0 Å². The molecule has 2 aliphatic rings. The van der Waals surface area contributed by atoms with E-state index >= 15 is 0 Å². The Morgan fingerprint density at radius 3 is 2.19 bits per heavy atom. The third-order valence-electron chi connectivity index (χ3n) is 5.88. The smallest absolute Gasteiger partial charge is 0.166 e. The normalized spacial score (nSPS) is 22.5. The molecule has 0 amide bonds. The molecule has 0 aliphatic carbocycles. The molecule has 0 aromatic heterocycles. The summed E-state index contributed by atoms with van der Waals surface area (Å²) in [6.07, 6.45) is 1.87. The maximum Gasteiger partial charge on any atom is 0.166 e. The summed E-state index contributed by atoms with van der Waals surface area (Å²) >= 11 is 0. The number of phenolic OH excluding ortho intramolecular Hbond substituents is 1. The van der Waals surface area contributed by atoms with Gasteiger partial charge in [0.2, 0.25) is 0 Å². The van der Waals surface area contributed by atoms with Crippen LogP contribution < -0.4 is 42.7 Å². The van der Waals surface area contributed by atoms with Crippen molar-refractivity contribution in [2.45, 2.75) is 18.9 Å². The van der Waals surface area contributed by atoms with Gasteiger partial charge in [0.05, 0.1) is 34.9 Å². The van der Waals surface area contributed by atoms with E-state index in [1.165, 1.54) is 22.4 Å². The SMILES string of the molecule is COc1cc2c(cc1O)[C@@H]1Cc3cc(OC)c(OC)cc3[N@+]1(C)CC2.[I-]. The summed E-state index contributed by atoms with van der Waals surface area (Å²) in [6.45, 7) is 1.01. The van der Waals surface area contributed by atoms with Gasteiger partial charge in [-0.2, -0.15) is 0 Å². The second-order valence-corrected chi connectivity index (χ2v) is 7.02. The van der Waals surface area contributed by atoms with Crippen LogP contribution >= 0.6 is 0 Å². The molecule has 0 fully saturated rings. The Kier molecular flexibility index (Phi) is 5.00. The second-order valence-electron chi connectivity index (χ2n) is 7.02. The molecule has 1 N–H and O–H groups in total. The predicted octanol–water partition coefficient (Wildman–Crippen LogP) is 0.213. The average Bonchev–Trinajstić information content (AvgIpc) is 2.92. The summed E-state index contributed by atoms with van der Waals surface area (Å²) < 4.78 is 17.1. The highest BCUT2D eigenvalue weighted by molar-refractivity contribution is 5.66. The third kappa shape index (κ3) is 2.62. The van der Waals surface area contributed by atoms with Gasteiger partial charge in [0, 0.05) is 30.0 Å². The Morgan fingerprint density at radius 1 is 0.923 bits per heavy atom. The Morgan fingerprint density at radius 2 is 1.54 bits per heavy atom. The van der Waals surface area contributed by atoms with E-state index in [4.69, 9.17) is 14.2 Å². The minimum Gasteiger partial charge on any atom is -1.00 e. The molecule has 0 unspecified atom stereocenters. The van der Waals surface area contributed by atoms with Gasteiger partial charge >= 0.3 is 0 Å². The first kappa shape index (κ1) is 19.1. The predicted molar refractivity (Wildman–Crippen MR) is 96.9 cm³/mol. The topological polar surface area (TPSA) is 47.9 Å². The Hall–Kier alpha value is -1.67. The van der Waals surface area contributed by atoms with Crippen molar-refractivity contribution < 1.29 is 43.3 Å². The molecule has 2 atom stereocenters. The molecule has 140 valence electrons. The summed E-state index contributed by atoms with van der Waals surface area (Å²) in [5.74, 6) is 2.30. The molecule has 2 aliphatic heterocycles. The summed E-state index contributed by atoms with van der Waals surface area (Å²) in [6, 6.07) is 8.36. The molecular weight excluding hydrogens is 445 g/mol. The summed E-state index contributed by atoms with van der Waals surface area (Å²) in [5.41, 5.74) is 5.04. The zero-order valence-corrected chi connectivity index (χ0v) is 17.7. The minimum absolute atomic E-state index is 0. The van der Waals surface area contributed by atoms with E-state index in [-0.39, 0.29) is 35.8 Å². The number of halogens is 1. The average molecular weight is 469 g/mol. The fraction of sp³-hybridized carbons (Fsp3) is 0.400. The highest BCUT2D eigenvalue weighted by atomic mass is 127. The van der Waals surface area contributed by atoms with Crippen LogP contribution in [0.15, 0.2) is 24.3 Å². The maximum absolute atomic E-state index is 10.3. The van der Waals surface area contributed by atoms with E-state index in [0.29, 0.717) is 5.75 Å². The van der Waals surface area contributed by atoms with Crippen LogP contribution in [0.4, 0.5) is 5.69 Å². The Labute approximate surface area is 171 Å². The number of fused-ring (bicyclic) bond motifs is 5. The first-order valence-electron chi connectivity index (χ1n) is 8.52. The second kappa shape index (κ2) is 6.81. The lowest BCUT2D eigenvalue weighted by Gasteiger charge is -2.41. The molecule has 4 rings (SSSR count). The number of quaternary nitrogens is 1. The van der Waals surface area contributed by atoms with Gasteiger partial charge in [-0.3, -0.25) is 4.48 Å². The van der Waals surface area contributed by atoms with Crippen molar-refractivity contribution in [2.24, 2.45) is 0 Å². The van der Waals surface area contributed by atoms with Crippen LogP contribution in [-0.4, -0.2) is 40.0 Å². The van der Waals surface area contributed by atoms with Crippen molar-refractivity contribution in [2.75, 3.05) is 34.9 Å². The van der Waals surface area contributed by atoms with Crippen LogP contribution in [0.1, 0.15) is 22.7 Å². The Balaban J connectivity index is 0.00000196. The highest BCUT2D eigenvalue weighted by Crippen LogP contribution is 2.52. The summed E-state index contributed by atoms with van der Waals surface area (Å²) in [7, 11) is 7.20. The van der Waals surface area contributed by atoms with Crippen molar-refractivity contribution in [3.05, 3.63) is 41.0 Å². The number of hydrogen-bond donors (Lipinski definition) is 1. The van der Waals surface area contributed by atoms with Crippen LogP contribution in [-0.2, 0) is 12.8 Å². The Bertz CT molecular complexity index is 854. The number of methoxy groups -OCH3 is 3. The van der Waals surface area contributed by atoms with Gasteiger partial charge in [-0.05, 0) is 23.8 Å². The van der Waals surface area contributed by atoms with E-state index in [9.17, 15) is 5.11 Å². The van der Waals surface area contributed by atoms with Crippen LogP contribution in [0.2, 0.25) is 0 Å². The molecule has 0 saturated heterocycles. The largest absolute Gasteiger partial charge is 1.00 e. The van der Waals surface area contributed by atoms with Gasteiger partial charge in [0.1, 0.15) is 11.7 Å². The van der Waals surface area contributed by atoms with Gasteiger partial charge in [-0.25, -0.2) is 0 Å². The molecule has 2 heterocycles. The molecule has 6 heteroatoms. The lowest BCUT2D eigenvalue weighted by Crippen LogP contribution is -3.00. The van der Waals surface area contributed by atoms with Crippen LogP contribution in [0, 0.1) is 0 Å². The highest BCUT2D eigenvalue weighted by Gasteiger charge is 2.48. The van der Waals surface area contributed by atoms with Gasteiger partial charge in [-0.15, -0.1) is 0 Å². The monoisotopic (exact) mass is 469 g/mol. The van der Waals surface area contributed by atoms with Crippen LogP contribution in [0.25, 0.3) is 0 Å². The van der Waals surface area contributed by atoms with Gasteiger partial charge in [0.15, 0.2) is 23.0 Å². The van der Waals surface area contributed by atoms with Crippen molar-refractivity contribution in [3.63, 3.8) is 0 Å². The lowest BCUT2D eigenvalue weighted by atomic mass is 9.90. The molecule has 0 spiro atoms. The lowest BCUT2D eigenvalue weighted by molar-refractivity contribution is -0.00000682. The first-order chi connectivity index (χ1) is 12.0. The first-order valence-corrected chi connectivity index (χ1v) is 8.52. The number of hydrogen-bond acceptors (Lipinski definition) is 4. The minimum atomic E-state index is 0. The number of phenols is 1. The van der Waals surface area contributed by atoms with Gasteiger partial charge < -0.3 is 43.3 Å². The van der Waals surface area contributed by atoms with E-state index < -0.39 is 0 Å². The van der Waals surface area contributed by atoms with E-state index in [1.807, 2.05) is 12.1 Å². The van der Waals surface area contributed by atoms with Crippen LogP contribution in [0.3, 0.4) is 0 Å². The molecule has 0 saturated carbocycles. The maximum atomic E-state index is 10.3. The summed E-state index contributed by atoms with van der Waals surface area (Å²) in [4.78, 5) is 0. The quantitative estimate of drug-likeness (QED) is 0.516. The summed E-state index contributed by atoms with van der Waals surface area (Å²) in [5, 5.41) is 10.3. The number of benzene rings is 2. The van der Waals surface area contributed by atoms with Crippen molar-refractivity contribution in [1.29, 1.82) is 0 Å². The standard InChI is InChI=1S/C20H23NO4.HI/c1-21-6-5-12-8-18(23-2)17(22)10-14(12)16(21)7-13-9-19(24-3)20(25-4)11-15(13)21;/h8-11,16H,5-7H2,1-4H3;1H/t16-,21-;/m0./s1. The molecular formula is C20H24INO4. The number of likely N-dealkylation sites (N-methyl/N-ethyl adjacent to an activating group) is 1. The van der Waals surface area contributed by atoms with Crippen molar-refractivity contribution in [1.82, 2.24) is 4.48 Å². The van der Waals surface area contributed by atoms with E-state index in [2.05, 4.69) is 19.2 Å². The molecule has 26 heavy (non-hydrogen) atoms. The molecule has 0 bridgehead atoms. The number of rotatable bonds is 3. The fourth-order valence-electron chi connectivity index (χ4n) is 4.49. The number of ether oxygens (including phenoxy) is 3.